The van der Waals surface area contributed by atoms with Crippen LogP contribution in [-0.2, 0) is 16.1 Å². The van der Waals surface area contributed by atoms with Gasteiger partial charge in [-0.1, -0.05) is 29.0 Å². The molecular weight excluding hydrogens is 464 g/mol. The van der Waals surface area contributed by atoms with E-state index in [2.05, 4.69) is 20.6 Å². The van der Waals surface area contributed by atoms with Crippen molar-refractivity contribution in [3.05, 3.63) is 45.5 Å². The second-order valence-electron chi connectivity index (χ2n) is 8.01. The van der Waals surface area contributed by atoms with Gasteiger partial charge in [-0.05, 0) is 44.4 Å². The third-order valence-corrected chi connectivity index (χ3v) is 6.90. The van der Waals surface area contributed by atoms with E-state index in [1.807, 2.05) is 24.8 Å². The number of amides is 2. The summed E-state index contributed by atoms with van der Waals surface area (Å²) in [6.07, 6.45) is 3.05. The number of aryl methyl sites for hydroxylation is 1. The molecule has 0 saturated carbocycles. The van der Waals surface area contributed by atoms with Crippen molar-refractivity contribution < 1.29 is 9.59 Å². The Labute approximate surface area is 199 Å². The molecule has 2 aromatic heterocycles. The lowest BCUT2D eigenvalue weighted by Gasteiger charge is -2.31. The zero-order valence-corrected chi connectivity index (χ0v) is 20.0. The van der Waals surface area contributed by atoms with Crippen LogP contribution in [0.15, 0.2) is 29.3 Å². The Morgan fingerprint density at radius 2 is 2.15 bits per heavy atom. The molecule has 0 aliphatic carbocycles. The molecule has 1 aromatic carbocycles. The van der Waals surface area contributed by atoms with Gasteiger partial charge in [0.05, 0.1) is 5.92 Å². The smallest absolute Gasteiger partial charge is 0.273 e. The fourth-order valence-corrected chi connectivity index (χ4v) is 5.02. The van der Waals surface area contributed by atoms with Crippen LogP contribution in [0.3, 0.4) is 0 Å². The van der Waals surface area contributed by atoms with E-state index in [0.717, 1.165) is 24.9 Å². The number of rotatable bonds is 6. The van der Waals surface area contributed by atoms with Crippen LogP contribution in [0.25, 0.3) is 10.3 Å². The highest BCUT2D eigenvalue weighted by Crippen LogP contribution is 2.29. The number of piperidine rings is 1. The summed E-state index contributed by atoms with van der Waals surface area (Å²) in [5.74, 6) is -0.409. The van der Waals surface area contributed by atoms with Gasteiger partial charge in [-0.2, -0.15) is 4.98 Å². The van der Waals surface area contributed by atoms with E-state index < -0.39 is 0 Å². The minimum Gasteiger partial charge on any atom is -0.356 e. The topological polar surface area (TPSA) is 109 Å². The number of carbonyl (C=O) groups is 2. The van der Waals surface area contributed by atoms with Crippen LogP contribution in [0.5, 0.6) is 0 Å². The van der Waals surface area contributed by atoms with Crippen molar-refractivity contribution in [2.24, 2.45) is 5.92 Å². The van der Waals surface area contributed by atoms with Crippen molar-refractivity contribution in [2.45, 2.75) is 33.2 Å². The van der Waals surface area contributed by atoms with Crippen LogP contribution in [-0.4, -0.2) is 46.0 Å². The van der Waals surface area contributed by atoms with Crippen LogP contribution in [0.2, 0.25) is 5.02 Å². The van der Waals surface area contributed by atoms with Crippen molar-refractivity contribution in [1.29, 1.82) is 0 Å². The van der Waals surface area contributed by atoms with Crippen molar-refractivity contribution in [2.75, 3.05) is 29.9 Å². The summed E-state index contributed by atoms with van der Waals surface area (Å²) >= 11 is 7.26. The van der Waals surface area contributed by atoms with Crippen molar-refractivity contribution in [1.82, 2.24) is 19.9 Å². The minimum atomic E-state index is -0.353. The SMILES string of the molecule is CCNC(=O)[C@@H]1CCCN(c2nc3ncn(CC(=O)Nc4cc(Cl)ccc4C)c(=O)c3s2)C1. The molecule has 3 heterocycles. The zero-order valence-electron chi connectivity index (χ0n) is 18.4. The Morgan fingerprint density at radius 1 is 1.33 bits per heavy atom. The van der Waals surface area contributed by atoms with Crippen molar-refractivity contribution in [3.63, 3.8) is 0 Å². The van der Waals surface area contributed by atoms with Crippen molar-refractivity contribution >= 4 is 55.9 Å². The predicted molar refractivity (Wildman–Crippen MR) is 130 cm³/mol. The quantitative estimate of drug-likeness (QED) is 0.552. The molecular formula is C22H25ClN6O3S. The standard InChI is InChI=1S/C22H25ClN6O3S/c1-3-24-20(31)14-5-4-8-28(10-14)22-27-19-18(33-22)21(32)29(12-25-19)11-17(30)26-16-9-15(23)7-6-13(16)2/h6-7,9,12,14H,3-5,8,10-11H2,1-2H3,(H,24,31)(H,26,30)/t14-/m1/s1. The highest BCUT2D eigenvalue weighted by atomic mass is 35.5. The molecule has 1 fully saturated rings. The highest BCUT2D eigenvalue weighted by molar-refractivity contribution is 7.22. The van der Waals surface area contributed by atoms with Crippen molar-refractivity contribution in [3.8, 4) is 0 Å². The first kappa shape index (κ1) is 23.2. The van der Waals surface area contributed by atoms with Crippen LogP contribution in [0.1, 0.15) is 25.3 Å². The van der Waals surface area contributed by atoms with Gasteiger partial charge in [-0.15, -0.1) is 0 Å². The van der Waals surface area contributed by atoms with Crippen LogP contribution < -0.4 is 21.1 Å². The average Bonchev–Trinajstić information content (AvgIpc) is 3.24. The monoisotopic (exact) mass is 488 g/mol. The van der Waals surface area contributed by atoms with E-state index in [9.17, 15) is 14.4 Å². The summed E-state index contributed by atoms with van der Waals surface area (Å²) in [4.78, 5) is 48.6. The van der Waals surface area contributed by atoms with E-state index in [1.54, 1.807) is 12.1 Å². The number of benzene rings is 1. The minimum absolute atomic E-state index is 0.0461. The molecule has 33 heavy (non-hydrogen) atoms. The number of fused-ring (bicyclic) bond motifs is 1. The van der Waals surface area contributed by atoms with Gasteiger partial charge >= 0.3 is 0 Å². The largest absolute Gasteiger partial charge is 0.356 e. The molecule has 2 N–H and O–H groups in total. The predicted octanol–water partition coefficient (Wildman–Crippen LogP) is 2.81. The normalized spacial score (nSPS) is 16.1. The molecule has 3 aromatic rings. The molecule has 0 radical (unpaired) electrons. The summed E-state index contributed by atoms with van der Waals surface area (Å²) in [6, 6.07) is 5.23. The molecule has 4 rings (SSSR count). The lowest BCUT2D eigenvalue weighted by molar-refractivity contribution is -0.125. The Balaban J connectivity index is 1.51. The maximum atomic E-state index is 13.0. The number of halogens is 1. The number of nitrogens with one attached hydrogen (secondary N) is 2. The van der Waals surface area contributed by atoms with E-state index in [0.29, 0.717) is 39.3 Å². The number of thiazole rings is 1. The second kappa shape index (κ2) is 9.88. The average molecular weight is 489 g/mol. The fraction of sp³-hybridized carbons (Fsp3) is 0.409. The first-order valence-corrected chi connectivity index (χ1v) is 12.0. The maximum absolute atomic E-state index is 13.0. The number of nitrogens with zero attached hydrogens (tertiary/aromatic N) is 4. The maximum Gasteiger partial charge on any atom is 0.273 e. The van der Waals surface area contributed by atoms with E-state index in [-0.39, 0.29) is 29.8 Å². The summed E-state index contributed by atoms with van der Waals surface area (Å²) < 4.78 is 1.66. The van der Waals surface area contributed by atoms with Crippen LogP contribution in [0.4, 0.5) is 10.8 Å². The van der Waals surface area contributed by atoms with E-state index in [1.165, 1.54) is 22.2 Å². The fourth-order valence-electron chi connectivity index (χ4n) is 3.84. The van der Waals surface area contributed by atoms with E-state index >= 15 is 0 Å². The summed E-state index contributed by atoms with van der Waals surface area (Å²) in [5, 5.41) is 6.85. The lowest BCUT2D eigenvalue weighted by atomic mass is 9.97. The Kier molecular flexibility index (Phi) is 6.94. The van der Waals surface area contributed by atoms with Gasteiger partial charge in [-0.25, -0.2) is 4.98 Å². The Hall–Kier alpha value is -2.98. The molecule has 174 valence electrons. The van der Waals surface area contributed by atoms with Gasteiger partial charge < -0.3 is 15.5 Å². The lowest BCUT2D eigenvalue weighted by Crippen LogP contribution is -2.43. The molecule has 0 spiro atoms. The third kappa shape index (κ3) is 5.17. The van der Waals surface area contributed by atoms with Gasteiger partial charge in [0.25, 0.3) is 5.56 Å². The molecule has 1 atom stereocenters. The Bertz CT molecular complexity index is 1260. The van der Waals surface area contributed by atoms with Crippen LogP contribution in [0, 0.1) is 12.8 Å². The first-order valence-electron chi connectivity index (χ1n) is 10.8. The summed E-state index contributed by atoms with van der Waals surface area (Å²) in [5.41, 5.74) is 1.50. The number of hydrogen-bond acceptors (Lipinski definition) is 7. The molecule has 9 nitrogen and oxygen atoms in total. The van der Waals surface area contributed by atoms with Gasteiger partial charge in [0.1, 0.15) is 17.6 Å². The number of aromatic nitrogens is 3. The van der Waals surface area contributed by atoms with Gasteiger partial charge in [0.15, 0.2) is 10.8 Å². The number of hydrogen-bond donors (Lipinski definition) is 2. The van der Waals surface area contributed by atoms with Gasteiger partial charge in [-0.3, -0.25) is 19.0 Å². The zero-order chi connectivity index (χ0) is 23.5. The molecule has 2 amide bonds. The molecule has 0 bridgehead atoms. The molecule has 1 aliphatic heterocycles. The first-order chi connectivity index (χ1) is 15.9. The summed E-state index contributed by atoms with van der Waals surface area (Å²) in [7, 11) is 0. The second-order valence-corrected chi connectivity index (χ2v) is 9.43. The van der Waals surface area contributed by atoms with E-state index in [4.69, 9.17) is 11.6 Å². The number of anilines is 2. The Morgan fingerprint density at radius 3 is 2.94 bits per heavy atom. The third-order valence-electron chi connectivity index (χ3n) is 5.57. The summed E-state index contributed by atoms with van der Waals surface area (Å²) in [6.45, 7) is 5.52. The molecule has 1 saturated heterocycles. The van der Waals surface area contributed by atoms with Crippen LogP contribution >= 0.6 is 22.9 Å². The molecule has 1 aliphatic rings. The van der Waals surface area contributed by atoms with Gasteiger partial charge in [0.2, 0.25) is 11.8 Å². The number of carbonyl (C=O) groups excluding carboxylic acids is 2. The molecule has 0 unspecified atom stereocenters. The van der Waals surface area contributed by atoms with Gasteiger partial charge in [0, 0.05) is 30.3 Å². The highest BCUT2D eigenvalue weighted by Gasteiger charge is 2.27. The molecule has 11 heteroatoms.